The summed E-state index contributed by atoms with van der Waals surface area (Å²) in [6, 6.07) is 3.63. The van der Waals surface area contributed by atoms with Gasteiger partial charge in [0.2, 0.25) is 5.95 Å². The SMILES string of the molecule is O=C(c1cc(Br)cn2ccnc12)N1CCN(c2ncccn2)CC1. The first-order valence-electron chi connectivity index (χ1n) is 7.66. The predicted molar refractivity (Wildman–Crippen MR) is 93.0 cm³/mol. The lowest BCUT2D eigenvalue weighted by molar-refractivity contribution is 0.0747. The number of piperazine rings is 1. The Hall–Kier alpha value is -2.48. The number of nitrogens with zero attached hydrogens (tertiary/aromatic N) is 6. The van der Waals surface area contributed by atoms with Gasteiger partial charge in [0.15, 0.2) is 0 Å². The van der Waals surface area contributed by atoms with E-state index in [2.05, 4.69) is 35.8 Å². The van der Waals surface area contributed by atoms with Crippen LogP contribution in [-0.2, 0) is 0 Å². The molecule has 3 aromatic rings. The molecule has 4 rings (SSSR count). The standard InChI is InChI=1S/C16H15BrN6O/c17-12-10-13(14-18-4-5-23(14)11-12)15(24)21-6-8-22(9-7-21)16-19-2-1-3-20-16/h1-5,10-11H,6-9H2. The van der Waals surface area contributed by atoms with Gasteiger partial charge in [0.1, 0.15) is 5.65 Å². The van der Waals surface area contributed by atoms with Gasteiger partial charge in [0.05, 0.1) is 5.56 Å². The van der Waals surface area contributed by atoms with Crippen LogP contribution >= 0.6 is 15.9 Å². The summed E-state index contributed by atoms with van der Waals surface area (Å²) in [5.41, 5.74) is 1.29. The van der Waals surface area contributed by atoms with Crippen LogP contribution < -0.4 is 4.90 Å². The third kappa shape index (κ3) is 2.73. The van der Waals surface area contributed by atoms with Crippen LogP contribution in [0, 0.1) is 0 Å². The maximum absolute atomic E-state index is 12.9. The summed E-state index contributed by atoms with van der Waals surface area (Å²) in [7, 11) is 0. The first-order chi connectivity index (χ1) is 11.7. The summed E-state index contributed by atoms with van der Waals surface area (Å²) in [5.74, 6) is 0.712. The van der Waals surface area contributed by atoms with Gasteiger partial charge >= 0.3 is 0 Å². The Morgan fingerprint density at radius 3 is 2.54 bits per heavy atom. The molecule has 122 valence electrons. The zero-order valence-corrected chi connectivity index (χ0v) is 14.4. The highest BCUT2D eigenvalue weighted by Crippen LogP contribution is 2.20. The third-order valence-corrected chi connectivity index (χ3v) is 4.52. The number of rotatable bonds is 2. The molecule has 4 heterocycles. The van der Waals surface area contributed by atoms with E-state index in [0.29, 0.717) is 43.3 Å². The maximum Gasteiger partial charge on any atom is 0.257 e. The molecule has 24 heavy (non-hydrogen) atoms. The van der Waals surface area contributed by atoms with E-state index >= 15 is 0 Å². The van der Waals surface area contributed by atoms with Crippen molar-refractivity contribution in [1.82, 2.24) is 24.3 Å². The van der Waals surface area contributed by atoms with Crippen molar-refractivity contribution >= 4 is 33.4 Å². The smallest absolute Gasteiger partial charge is 0.257 e. The second-order valence-corrected chi connectivity index (χ2v) is 6.47. The van der Waals surface area contributed by atoms with E-state index in [-0.39, 0.29) is 5.91 Å². The molecule has 0 aromatic carbocycles. The molecule has 0 radical (unpaired) electrons. The van der Waals surface area contributed by atoms with E-state index in [1.807, 2.05) is 27.8 Å². The Labute approximate surface area is 147 Å². The minimum atomic E-state index is 0.00105. The second-order valence-electron chi connectivity index (χ2n) is 5.56. The molecular formula is C16H15BrN6O. The van der Waals surface area contributed by atoms with Crippen LogP contribution in [0.3, 0.4) is 0 Å². The lowest BCUT2D eigenvalue weighted by atomic mass is 10.2. The van der Waals surface area contributed by atoms with Gasteiger partial charge in [-0.2, -0.15) is 0 Å². The van der Waals surface area contributed by atoms with Gasteiger partial charge in [0, 0.05) is 61.6 Å². The molecule has 1 aliphatic heterocycles. The number of amides is 1. The van der Waals surface area contributed by atoms with Crippen molar-refractivity contribution < 1.29 is 4.79 Å². The summed E-state index contributed by atoms with van der Waals surface area (Å²) < 4.78 is 2.71. The van der Waals surface area contributed by atoms with E-state index in [1.165, 1.54) is 0 Å². The number of hydrogen-bond acceptors (Lipinski definition) is 5. The fourth-order valence-electron chi connectivity index (χ4n) is 2.89. The molecule has 7 nitrogen and oxygen atoms in total. The quantitative estimate of drug-likeness (QED) is 0.672. The molecule has 0 aliphatic carbocycles. The minimum absolute atomic E-state index is 0.00105. The monoisotopic (exact) mass is 386 g/mol. The Kier molecular flexibility index (Phi) is 3.89. The molecule has 1 amide bonds. The first-order valence-corrected chi connectivity index (χ1v) is 8.45. The van der Waals surface area contributed by atoms with Crippen LogP contribution in [0.5, 0.6) is 0 Å². The highest BCUT2D eigenvalue weighted by atomic mass is 79.9. The van der Waals surface area contributed by atoms with E-state index < -0.39 is 0 Å². The van der Waals surface area contributed by atoms with Crippen LogP contribution in [0.4, 0.5) is 5.95 Å². The molecule has 8 heteroatoms. The minimum Gasteiger partial charge on any atom is -0.337 e. The van der Waals surface area contributed by atoms with E-state index in [0.717, 1.165) is 4.47 Å². The van der Waals surface area contributed by atoms with Crippen LogP contribution in [0.15, 0.2) is 47.6 Å². The average molecular weight is 387 g/mol. The Bertz CT molecular complexity index is 873. The molecule has 0 spiro atoms. The maximum atomic E-state index is 12.9. The summed E-state index contributed by atoms with van der Waals surface area (Å²) >= 11 is 3.46. The van der Waals surface area contributed by atoms with Crippen LogP contribution in [0.25, 0.3) is 5.65 Å². The molecule has 3 aromatic heterocycles. The molecular weight excluding hydrogens is 372 g/mol. The predicted octanol–water partition coefficient (Wildman–Crippen LogP) is 1.85. The normalized spacial score (nSPS) is 15.0. The van der Waals surface area contributed by atoms with Crippen molar-refractivity contribution in [1.29, 1.82) is 0 Å². The van der Waals surface area contributed by atoms with Crippen LogP contribution in [0.1, 0.15) is 10.4 Å². The molecule has 0 bridgehead atoms. The Morgan fingerprint density at radius 2 is 1.79 bits per heavy atom. The Balaban J connectivity index is 1.53. The average Bonchev–Trinajstić information content (AvgIpc) is 3.09. The lowest BCUT2D eigenvalue weighted by Crippen LogP contribution is -2.49. The number of hydrogen-bond donors (Lipinski definition) is 0. The molecule has 1 saturated heterocycles. The number of anilines is 1. The number of halogens is 1. The van der Waals surface area contributed by atoms with Crippen molar-refractivity contribution in [2.24, 2.45) is 0 Å². The van der Waals surface area contributed by atoms with Crippen molar-refractivity contribution in [3.63, 3.8) is 0 Å². The van der Waals surface area contributed by atoms with Gasteiger partial charge in [-0.15, -0.1) is 0 Å². The summed E-state index contributed by atoms with van der Waals surface area (Å²) in [6.45, 7) is 2.70. The molecule has 0 N–H and O–H groups in total. The van der Waals surface area contributed by atoms with Gasteiger partial charge in [0.25, 0.3) is 5.91 Å². The summed E-state index contributed by atoms with van der Waals surface area (Å²) in [4.78, 5) is 29.7. The van der Waals surface area contributed by atoms with Gasteiger partial charge in [-0.25, -0.2) is 15.0 Å². The number of fused-ring (bicyclic) bond motifs is 1. The molecule has 1 fully saturated rings. The molecule has 0 unspecified atom stereocenters. The molecule has 1 aliphatic rings. The highest BCUT2D eigenvalue weighted by Gasteiger charge is 2.25. The van der Waals surface area contributed by atoms with E-state index in [4.69, 9.17) is 0 Å². The van der Waals surface area contributed by atoms with Crippen molar-refractivity contribution in [3.05, 3.63) is 53.2 Å². The summed E-state index contributed by atoms with van der Waals surface area (Å²) in [6.07, 6.45) is 8.89. The van der Waals surface area contributed by atoms with Crippen LogP contribution in [-0.4, -0.2) is 56.3 Å². The largest absolute Gasteiger partial charge is 0.337 e. The van der Waals surface area contributed by atoms with Gasteiger partial charge in [-0.05, 0) is 28.1 Å². The topological polar surface area (TPSA) is 66.6 Å². The number of carbonyl (C=O) groups is 1. The number of imidazole rings is 1. The third-order valence-electron chi connectivity index (χ3n) is 4.09. The molecule has 0 saturated carbocycles. The van der Waals surface area contributed by atoms with Gasteiger partial charge in [-0.3, -0.25) is 4.79 Å². The highest BCUT2D eigenvalue weighted by molar-refractivity contribution is 9.10. The fraction of sp³-hybridized carbons (Fsp3) is 0.250. The number of aromatic nitrogens is 4. The number of carbonyl (C=O) groups excluding carboxylic acids is 1. The van der Waals surface area contributed by atoms with Crippen molar-refractivity contribution in [2.75, 3.05) is 31.1 Å². The van der Waals surface area contributed by atoms with Gasteiger partial charge in [-0.1, -0.05) is 0 Å². The zero-order chi connectivity index (χ0) is 16.5. The van der Waals surface area contributed by atoms with Crippen molar-refractivity contribution in [2.45, 2.75) is 0 Å². The summed E-state index contributed by atoms with van der Waals surface area (Å²) in [5, 5.41) is 0. The van der Waals surface area contributed by atoms with Crippen molar-refractivity contribution in [3.8, 4) is 0 Å². The van der Waals surface area contributed by atoms with E-state index in [1.54, 1.807) is 24.7 Å². The molecule has 0 atom stereocenters. The second kappa shape index (κ2) is 6.20. The Morgan fingerprint density at radius 1 is 1.04 bits per heavy atom. The van der Waals surface area contributed by atoms with E-state index in [9.17, 15) is 4.79 Å². The number of pyridine rings is 1. The lowest BCUT2D eigenvalue weighted by Gasteiger charge is -2.34. The van der Waals surface area contributed by atoms with Gasteiger partial charge < -0.3 is 14.2 Å². The fourth-order valence-corrected chi connectivity index (χ4v) is 3.34. The first kappa shape index (κ1) is 15.1. The zero-order valence-electron chi connectivity index (χ0n) is 12.8. The van der Waals surface area contributed by atoms with Crippen LogP contribution in [0.2, 0.25) is 0 Å².